The maximum absolute atomic E-state index is 14.2. The summed E-state index contributed by atoms with van der Waals surface area (Å²) in [4.78, 5) is 55.8. The van der Waals surface area contributed by atoms with E-state index < -0.39 is 18.6 Å². The van der Waals surface area contributed by atoms with Crippen LogP contribution in [-0.2, 0) is 14.3 Å². The second kappa shape index (κ2) is 11.2. The fourth-order valence-electron chi connectivity index (χ4n) is 4.94. The number of piperazine rings is 1. The van der Waals surface area contributed by atoms with Gasteiger partial charge in [-0.2, -0.15) is 0 Å². The van der Waals surface area contributed by atoms with Crippen LogP contribution in [0, 0.1) is 12.7 Å². The number of anilines is 2. The maximum Gasteiger partial charge on any atom is 0.338 e. The minimum Gasteiger partial charge on any atom is -0.454 e. The summed E-state index contributed by atoms with van der Waals surface area (Å²) in [6.45, 7) is 3.66. The van der Waals surface area contributed by atoms with E-state index in [1.807, 2.05) is 28.9 Å². The van der Waals surface area contributed by atoms with Crippen LogP contribution in [0.2, 0.25) is 0 Å². The number of hydrogen-bond acceptors (Lipinski definition) is 7. The molecule has 3 aromatic rings. The second-order valence-corrected chi connectivity index (χ2v) is 9.67. The van der Waals surface area contributed by atoms with Crippen LogP contribution in [0.3, 0.4) is 0 Å². The van der Waals surface area contributed by atoms with E-state index in [0.29, 0.717) is 43.1 Å². The zero-order valence-electron chi connectivity index (χ0n) is 21.5. The van der Waals surface area contributed by atoms with Gasteiger partial charge >= 0.3 is 5.97 Å². The normalized spacial score (nSPS) is 17.9. The highest BCUT2D eigenvalue weighted by Gasteiger charge is 2.43. The number of esters is 1. The van der Waals surface area contributed by atoms with Crippen LogP contribution in [-0.4, -0.2) is 67.3 Å². The molecule has 0 aromatic heterocycles. The van der Waals surface area contributed by atoms with Gasteiger partial charge in [0.2, 0.25) is 5.91 Å². The Labute approximate surface area is 225 Å². The Morgan fingerprint density at radius 3 is 2.18 bits per heavy atom. The van der Waals surface area contributed by atoms with Gasteiger partial charge in [-0.05, 0) is 43.3 Å². The van der Waals surface area contributed by atoms with E-state index in [1.54, 1.807) is 30.3 Å². The molecule has 8 nitrogen and oxygen atoms in total. The number of carbonyl (C=O) groups excluding carboxylic acids is 4. The third kappa shape index (κ3) is 5.58. The van der Waals surface area contributed by atoms with E-state index in [-0.39, 0.29) is 35.4 Å². The summed E-state index contributed by atoms with van der Waals surface area (Å²) in [5.74, 6) is -1.91. The van der Waals surface area contributed by atoms with Crippen molar-refractivity contribution < 1.29 is 28.3 Å². The summed E-state index contributed by atoms with van der Waals surface area (Å²) in [5, 5.41) is 0. The van der Waals surface area contributed by atoms with Gasteiger partial charge in [-0.1, -0.05) is 42.0 Å². The van der Waals surface area contributed by atoms with Gasteiger partial charge in [-0.3, -0.25) is 19.3 Å². The summed E-state index contributed by atoms with van der Waals surface area (Å²) < 4.78 is 19.3. The first-order valence-corrected chi connectivity index (χ1v) is 12.8. The molecule has 2 amide bonds. The van der Waals surface area contributed by atoms with Gasteiger partial charge in [0.25, 0.3) is 5.91 Å². The first kappa shape index (κ1) is 26.2. The zero-order valence-corrected chi connectivity index (χ0v) is 21.5. The van der Waals surface area contributed by atoms with Gasteiger partial charge in [-0.15, -0.1) is 0 Å². The lowest BCUT2D eigenvalue weighted by Crippen LogP contribution is -2.52. The number of ketones is 1. The molecule has 0 spiro atoms. The van der Waals surface area contributed by atoms with E-state index in [1.165, 1.54) is 30.3 Å². The summed E-state index contributed by atoms with van der Waals surface area (Å²) >= 11 is 0. The Bertz CT molecular complexity index is 1400. The molecule has 5 rings (SSSR count). The number of carbonyl (C=O) groups is 4. The van der Waals surface area contributed by atoms with E-state index in [9.17, 15) is 23.6 Å². The van der Waals surface area contributed by atoms with Crippen molar-refractivity contribution in [2.75, 3.05) is 42.6 Å². The molecule has 0 saturated carbocycles. The number of benzene rings is 3. The van der Waals surface area contributed by atoms with Crippen LogP contribution in [0.4, 0.5) is 15.8 Å². The Kier molecular flexibility index (Phi) is 7.51. The highest BCUT2D eigenvalue weighted by atomic mass is 19.1. The molecule has 9 heteroatoms. The summed E-state index contributed by atoms with van der Waals surface area (Å²) in [6.07, 6.45) is 0.0590. The number of para-hydroxylation sites is 1. The van der Waals surface area contributed by atoms with Crippen molar-refractivity contribution in [3.8, 4) is 0 Å². The summed E-state index contributed by atoms with van der Waals surface area (Å²) in [7, 11) is 0. The van der Waals surface area contributed by atoms with Gasteiger partial charge in [0.05, 0.1) is 29.4 Å². The number of rotatable bonds is 7. The Balaban J connectivity index is 1.17. The number of aryl methyl sites for hydroxylation is 1. The predicted octanol–water partition coefficient (Wildman–Crippen LogP) is 3.63. The zero-order chi connectivity index (χ0) is 27.5. The fourth-order valence-corrected chi connectivity index (χ4v) is 4.94. The van der Waals surface area contributed by atoms with Crippen LogP contribution < -0.4 is 9.80 Å². The number of ether oxygens (including phenoxy) is 1. The molecule has 0 radical (unpaired) electrons. The highest BCUT2D eigenvalue weighted by Crippen LogP contribution is 2.28. The molecule has 2 saturated heterocycles. The first-order valence-electron chi connectivity index (χ1n) is 12.8. The quantitative estimate of drug-likeness (QED) is 0.262. The number of imide groups is 1. The molecule has 1 atom stereocenters. The molecule has 3 aromatic carbocycles. The molecule has 39 heavy (non-hydrogen) atoms. The van der Waals surface area contributed by atoms with Crippen molar-refractivity contribution >= 4 is 34.9 Å². The number of amides is 2. The van der Waals surface area contributed by atoms with Gasteiger partial charge in [-0.25, -0.2) is 14.1 Å². The fraction of sp³-hybridized carbons (Fsp3) is 0.267. The third-order valence-corrected chi connectivity index (χ3v) is 7.14. The smallest absolute Gasteiger partial charge is 0.338 e. The third-order valence-electron chi connectivity index (χ3n) is 7.14. The molecule has 2 fully saturated rings. The number of Topliss-reactive ketones (excluding diaryl/α,β-unsaturated/α-hetero) is 1. The number of nitrogens with zero attached hydrogens (tertiary/aromatic N) is 3. The minimum atomic E-state index is -0.674. The number of hydrogen-bond donors (Lipinski definition) is 0. The molecule has 2 aliphatic heterocycles. The Hall–Kier alpha value is -4.37. The van der Waals surface area contributed by atoms with Crippen molar-refractivity contribution in [3.63, 3.8) is 0 Å². The van der Waals surface area contributed by atoms with Crippen molar-refractivity contribution in [2.45, 2.75) is 19.4 Å². The molecular formula is C30H28FN3O5. The van der Waals surface area contributed by atoms with Crippen molar-refractivity contribution in [2.24, 2.45) is 0 Å². The molecular weight excluding hydrogens is 501 g/mol. The number of halogens is 1. The van der Waals surface area contributed by atoms with E-state index in [2.05, 4.69) is 0 Å². The van der Waals surface area contributed by atoms with Gasteiger partial charge in [0.15, 0.2) is 12.4 Å². The van der Waals surface area contributed by atoms with Crippen molar-refractivity contribution in [3.05, 3.63) is 95.3 Å². The molecule has 1 unspecified atom stereocenters. The average Bonchev–Trinajstić information content (AvgIpc) is 3.25. The van der Waals surface area contributed by atoms with Crippen molar-refractivity contribution in [1.29, 1.82) is 0 Å². The second-order valence-electron chi connectivity index (χ2n) is 9.67. The standard InChI is InChI=1S/C30H28FN3O5/c1-20-6-8-21(9-7-20)27(35)19-39-30(38)22-10-12-23(13-11-22)34-28(36)18-26(29(34)37)33-16-14-32(15-17-33)25-5-3-2-4-24(25)31/h2-13,26H,14-19H2,1H3. The van der Waals surface area contributed by atoms with Crippen LogP contribution in [0.5, 0.6) is 0 Å². The Morgan fingerprint density at radius 2 is 1.51 bits per heavy atom. The lowest BCUT2D eigenvalue weighted by atomic mass is 10.1. The Morgan fingerprint density at radius 1 is 0.872 bits per heavy atom. The van der Waals surface area contributed by atoms with Crippen LogP contribution in [0.15, 0.2) is 72.8 Å². The summed E-state index contributed by atoms with van der Waals surface area (Å²) in [6, 6.07) is 19.0. The van der Waals surface area contributed by atoms with Crippen LogP contribution >= 0.6 is 0 Å². The first-order chi connectivity index (χ1) is 18.8. The summed E-state index contributed by atoms with van der Waals surface area (Å²) in [5.41, 5.74) is 2.58. The molecule has 2 heterocycles. The lowest BCUT2D eigenvalue weighted by Gasteiger charge is -2.38. The van der Waals surface area contributed by atoms with Crippen LogP contribution in [0.25, 0.3) is 0 Å². The molecule has 0 N–H and O–H groups in total. The average molecular weight is 530 g/mol. The van der Waals surface area contributed by atoms with E-state index in [0.717, 1.165) is 10.5 Å². The van der Waals surface area contributed by atoms with Gasteiger partial charge < -0.3 is 9.64 Å². The maximum atomic E-state index is 14.2. The van der Waals surface area contributed by atoms with Gasteiger partial charge in [0, 0.05) is 31.7 Å². The monoisotopic (exact) mass is 529 g/mol. The topological polar surface area (TPSA) is 87.2 Å². The minimum absolute atomic E-state index is 0.0590. The van der Waals surface area contributed by atoms with Gasteiger partial charge in [0.1, 0.15) is 5.82 Å². The SMILES string of the molecule is Cc1ccc(C(=O)COC(=O)c2ccc(N3C(=O)CC(N4CCN(c5ccccc5F)CC4)C3=O)cc2)cc1. The van der Waals surface area contributed by atoms with Crippen molar-refractivity contribution in [1.82, 2.24) is 4.90 Å². The molecule has 200 valence electrons. The molecule has 0 aliphatic carbocycles. The van der Waals surface area contributed by atoms with Crippen LogP contribution in [0.1, 0.15) is 32.7 Å². The molecule has 0 bridgehead atoms. The predicted molar refractivity (Wildman–Crippen MR) is 143 cm³/mol. The highest BCUT2D eigenvalue weighted by molar-refractivity contribution is 6.22. The largest absolute Gasteiger partial charge is 0.454 e. The van der Waals surface area contributed by atoms with E-state index >= 15 is 0 Å². The van der Waals surface area contributed by atoms with E-state index in [4.69, 9.17) is 4.74 Å². The molecule has 2 aliphatic rings. The lowest BCUT2D eigenvalue weighted by molar-refractivity contribution is -0.123.